The molecule has 1 aromatic carbocycles. The van der Waals surface area contributed by atoms with Crippen molar-refractivity contribution in [3.8, 4) is 0 Å². The number of nitrogens with two attached hydrogens (primary N) is 1. The van der Waals surface area contributed by atoms with Crippen LogP contribution < -0.4 is 16.0 Å². The first-order chi connectivity index (χ1) is 9.70. The van der Waals surface area contributed by atoms with Crippen LogP contribution >= 0.6 is 0 Å². The van der Waals surface area contributed by atoms with Gasteiger partial charge in [0, 0.05) is 19.1 Å². The van der Waals surface area contributed by atoms with Crippen molar-refractivity contribution in [1.82, 2.24) is 5.32 Å². The lowest BCUT2D eigenvalue weighted by Crippen LogP contribution is -2.26. The van der Waals surface area contributed by atoms with Gasteiger partial charge in [-0.2, -0.15) is 0 Å². The molecule has 112 valence electrons. The largest absolute Gasteiger partial charge is 0.397 e. The van der Waals surface area contributed by atoms with Crippen molar-refractivity contribution in [2.45, 2.75) is 52.0 Å². The monoisotopic (exact) mass is 275 g/mol. The van der Waals surface area contributed by atoms with E-state index in [2.05, 4.69) is 42.3 Å². The Bertz CT molecular complexity index is 411. The van der Waals surface area contributed by atoms with Crippen molar-refractivity contribution in [3.05, 3.63) is 23.8 Å². The summed E-state index contributed by atoms with van der Waals surface area (Å²) >= 11 is 0. The predicted molar refractivity (Wildman–Crippen MR) is 88.4 cm³/mol. The fraction of sp³-hybridized carbons (Fsp3) is 0.647. The summed E-state index contributed by atoms with van der Waals surface area (Å²) < 4.78 is 0. The van der Waals surface area contributed by atoms with E-state index in [1.165, 1.54) is 36.9 Å². The lowest BCUT2D eigenvalue weighted by Gasteiger charge is -2.20. The molecule has 0 spiro atoms. The van der Waals surface area contributed by atoms with Crippen molar-refractivity contribution in [2.24, 2.45) is 0 Å². The number of hydrogen-bond donors (Lipinski definition) is 2. The maximum atomic E-state index is 6.22. The van der Waals surface area contributed by atoms with Crippen LogP contribution in [0, 0.1) is 0 Å². The Morgan fingerprint density at radius 2 is 2.05 bits per heavy atom. The summed E-state index contributed by atoms with van der Waals surface area (Å²) in [5.74, 6) is 0. The van der Waals surface area contributed by atoms with Gasteiger partial charge in [0.1, 0.15) is 0 Å². The van der Waals surface area contributed by atoms with Crippen LogP contribution in [0.15, 0.2) is 18.2 Å². The van der Waals surface area contributed by atoms with Gasteiger partial charge in [-0.15, -0.1) is 0 Å². The molecule has 1 fully saturated rings. The van der Waals surface area contributed by atoms with Gasteiger partial charge in [0.05, 0.1) is 11.4 Å². The number of rotatable bonds is 7. The van der Waals surface area contributed by atoms with Crippen molar-refractivity contribution in [3.63, 3.8) is 0 Å². The molecule has 3 nitrogen and oxygen atoms in total. The van der Waals surface area contributed by atoms with E-state index in [1.807, 2.05) is 0 Å². The van der Waals surface area contributed by atoms with Gasteiger partial charge in [0.15, 0.2) is 0 Å². The molecule has 2 rings (SSSR count). The number of nitrogen functional groups attached to an aromatic ring is 1. The third-order valence-corrected chi connectivity index (χ3v) is 4.29. The second-order valence-corrected chi connectivity index (χ2v) is 5.95. The van der Waals surface area contributed by atoms with Gasteiger partial charge >= 0.3 is 0 Å². The second kappa shape index (κ2) is 7.53. The van der Waals surface area contributed by atoms with Crippen LogP contribution in [-0.2, 0) is 6.42 Å². The molecule has 0 bridgehead atoms. The SMILES string of the molecule is CCC(C)NCCCc1ccc(N2CCCC2)c(N)c1. The first-order valence-electron chi connectivity index (χ1n) is 8.07. The summed E-state index contributed by atoms with van der Waals surface area (Å²) in [6, 6.07) is 7.24. The maximum absolute atomic E-state index is 6.22. The normalized spacial score (nSPS) is 16.6. The molecule has 3 heteroatoms. The van der Waals surface area contributed by atoms with Gasteiger partial charge in [-0.3, -0.25) is 0 Å². The van der Waals surface area contributed by atoms with Gasteiger partial charge < -0.3 is 16.0 Å². The molecule has 1 saturated heterocycles. The molecule has 1 aliphatic heterocycles. The zero-order valence-corrected chi connectivity index (χ0v) is 13.0. The summed E-state index contributed by atoms with van der Waals surface area (Å²) in [5, 5.41) is 3.53. The predicted octanol–water partition coefficient (Wildman–Crippen LogP) is 3.19. The fourth-order valence-electron chi connectivity index (χ4n) is 2.79. The minimum atomic E-state index is 0.623. The number of aryl methyl sites for hydroxylation is 1. The van der Waals surface area contributed by atoms with Crippen LogP contribution in [0.5, 0.6) is 0 Å². The smallest absolute Gasteiger partial charge is 0.0600 e. The Labute approximate surface area is 123 Å². The second-order valence-electron chi connectivity index (χ2n) is 5.95. The highest BCUT2D eigenvalue weighted by molar-refractivity contribution is 5.68. The standard InChI is InChI=1S/C17H29N3/c1-3-14(2)19-10-6-7-15-8-9-17(16(18)13-15)20-11-4-5-12-20/h8-9,13-14,19H,3-7,10-12,18H2,1-2H3. The molecule has 0 saturated carbocycles. The maximum Gasteiger partial charge on any atom is 0.0600 e. The Balaban J connectivity index is 1.82. The molecule has 0 amide bonds. The van der Waals surface area contributed by atoms with Crippen molar-refractivity contribution < 1.29 is 0 Å². The molecule has 1 aromatic rings. The molecule has 20 heavy (non-hydrogen) atoms. The van der Waals surface area contributed by atoms with E-state index < -0.39 is 0 Å². The molecule has 1 aliphatic rings. The first kappa shape index (κ1) is 15.2. The summed E-state index contributed by atoms with van der Waals surface area (Å²) in [6.07, 6.45) is 6.06. The number of nitrogens with one attached hydrogen (secondary N) is 1. The van der Waals surface area contributed by atoms with E-state index >= 15 is 0 Å². The summed E-state index contributed by atoms with van der Waals surface area (Å²) in [6.45, 7) is 7.85. The molecule has 1 heterocycles. The van der Waals surface area contributed by atoms with Crippen molar-refractivity contribution >= 4 is 11.4 Å². The van der Waals surface area contributed by atoms with Crippen LogP contribution in [-0.4, -0.2) is 25.7 Å². The van der Waals surface area contributed by atoms with E-state index in [0.717, 1.165) is 31.7 Å². The summed E-state index contributed by atoms with van der Waals surface area (Å²) in [7, 11) is 0. The van der Waals surface area contributed by atoms with Gasteiger partial charge in [0.25, 0.3) is 0 Å². The van der Waals surface area contributed by atoms with Crippen LogP contribution in [0.25, 0.3) is 0 Å². The molecule has 0 aromatic heterocycles. The quantitative estimate of drug-likeness (QED) is 0.593. The highest BCUT2D eigenvalue weighted by atomic mass is 15.1. The Morgan fingerprint density at radius 3 is 2.70 bits per heavy atom. The topological polar surface area (TPSA) is 41.3 Å². The highest BCUT2D eigenvalue weighted by Gasteiger charge is 2.14. The van der Waals surface area contributed by atoms with E-state index in [0.29, 0.717) is 6.04 Å². The van der Waals surface area contributed by atoms with Crippen LogP contribution in [0.3, 0.4) is 0 Å². The number of anilines is 2. The molecule has 3 N–H and O–H groups in total. The highest BCUT2D eigenvalue weighted by Crippen LogP contribution is 2.27. The van der Waals surface area contributed by atoms with Crippen molar-refractivity contribution in [2.75, 3.05) is 30.3 Å². The number of benzene rings is 1. The summed E-state index contributed by atoms with van der Waals surface area (Å²) in [5.41, 5.74) is 9.75. The molecule has 1 atom stereocenters. The number of nitrogens with zero attached hydrogens (tertiary/aromatic N) is 1. The minimum absolute atomic E-state index is 0.623. The van der Waals surface area contributed by atoms with Gasteiger partial charge in [-0.05, 0) is 63.3 Å². The Kier molecular flexibility index (Phi) is 5.72. The van der Waals surface area contributed by atoms with Gasteiger partial charge in [0.2, 0.25) is 0 Å². The molecular formula is C17H29N3. The van der Waals surface area contributed by atoms with E-state index in [4.69, 9.17) is 5.73 Å². The van der Waals surface area contributed by atoms with Gasteiger partial charge in [-0.25, -0.2) is 0 Å². The van der Waals surface area contributed by atoms with Crippen LogP contribution in [0.1, 0.15) is 45.1 Å². The average Bonchev–Trinajstić information content (AvgIpc) is 2.97. The molecule has 0 radical (unpaired) electrons. The Morgan fingerprint density at radius 1 is 1.30 bits per heavy atom. The lowest BCUT2D eigenvalue weighted by atomic mass is 10.1. The summed E-state index contributed by atoms with van der Waals surface area (Å²) in [4.78, 5) is 2.41. The molecule has 1 unspecified atom stereocenters. The average molecular weight is 275 g/mol. The van der Waals surface area contributed by atoms with E-state index in [1.54, 1.807) is 0 Å². The fourth-order valence-corrected chi connectivity index (χ4v) is 2.79. The zero-order valence-electron chi connectivity index (χ0n) is 13.0. The minimum Gasteiger partial charge on any atom is -0.397 e. The van der Waals surface area contributed by atoms with E-state index in [-0.39, 0.29) is 0 Å². The first-order valence-corrected chi connectivity index (χ1v) is 8.07. The van der Waals surface area contributed by atoms with Crippen LogP contribution in [0.4, 0.5) is 11.4 Å². The molecule has 0 aliphatic carbocycles. The van der Waals surface area contributed by atoms with Crippen LogP contribution in [0.2, 0.25) is 0 Å². The molecular weight excluding hydrogens is 246 g/mol. The van der Waals surface area contributed by atoms with Gasteiger partial charge in [-0.1, -0.05) is 13.0 Å². The third kappa shape index (κ3) is 4.14. The number of hydrogen-bond acceptors (Lipinski definition) is 3. The van der Waals surface area contributed by atoms with Crippen molar-refractivity contribution in [1.29, 1.82) is 0 Å². The third-order valence-electron chi connectivity index (χ3n) is 4.29. The Hall–Kier alpha value is -1.22. The zero-order chi connectivity index (χ0) is 14.4. The lowest BCUT2D eigenvalue weighted by molar-refractivity contribution is 0.524. The van der Waals surface area contributed by atoms with E-state index in [9.17, 15) is 0 Å².